The summed E-state index contributed by atoms with van der Waals surface area (Å²) in [6.07, 6.45) is -4.47. The van der Waals surface area contributed by atoms with Crippen LogP contribution in [0.4, 0.5) is 13.2 Å². The van der Waals surface area contributed by atoms with Crippen LogP contribution in [0.25, 0.3) is 11.4 Å². The molecule has 6 nitrogen and oxygen atoms in total. The van der Waals surface area contributed by atoms with E-state index < -0.39 is 17.4 Å². The van der Waals surface area contributed by atoms with Gasteiger partial charge in [0, 0.05) is 25.1 Å². The number of halogens is 3. The molecular formula is C16H19F3N4O2. The molecule has 0 radical (unpaired) electrons. The monoisotopic (exact) mass is 356 g/mol. The predicted molar refractivity (Wildman–Crippen MR) is 85.8 cm³/mol. The van der Waals surface area contributed by atoms with E-state index in [0.717, 1.165) is 16.8 Å². The molecule has 0 aliphatic heterocycles. The maximum absolute atomic E-state index is 12.8. The van der Waals surface area contributed by atoms with Crippen LogP contribution in [0.1, 0.15) is 19.4 Å². The molecule has 136 valence electrons. The first-order chi connectivity index (χ1) is 11.6. The maximum atomic E-state index is 12.8. The van der Waals surface area contributed by atoms with Crippen molar-refractivity contribution in [3.8, 4) is 11.4 Å². The summed E-state index contributed by atoms with van der Waals surface area (Å²) >= 11 is 0. The van der Waals surface area contributed by atoms with Gasteiger partial charge in [0.15, 0.2) is 5.82 Å². The SMILES string of the molecule is CC(C)C(=O)NCCn1nc(-c2cccc(C(F)(F)F)c2)n(C)c1=O. The summed E-state index contributed by atoms with van der Waals surface area (Å²) in [4.78, 5) is 23.7. The second-order valence-corrected chi connectivity index (χ2v) is 5.91. The van der Waals surface area contributed by atoms with Gasteiger partial charge in [0.1, 0.15) is 0 Å². The third-order valence-electron chi connectivity index (χ3n) is 3.64. The van der Waals surface area contributed by atoms with E-state index in [1.165, 1.54) is 23.7 Å². The van der Waals surface area contributed by atoms with Crippen molar-refractivity contribution in [3.05, 3.63) is 40.3 Å². The van der Waals surface area contributed by atoms with Crippen molar-refractivity contribution >= 4 is 5.91 Å². The van der Waals surface area contributed by atoms with Crippen LogP contribution >= 0.6 is 0 Å². The number of nitrogens with one attached hydrogen (secondary N) is 1. The van der Waals surface area contributed by atoms with Crippen molar-refractivity contribution in [2.75, 3.05) is 6.54 Å². The van der Waals surface area contributed by atoms with E-state index in [-0.39, 0.29) is 36.3 Å². The second kappa shape index (κ2) is 7.12. The van der Waals surface area contributed by atoms with Crippen LogP contribution < -0.4 is 11.0 Å². The number of amides is 1. The van der Waals surface area contributed by atoms with E-state index in [1.54, 1.807) is 13.8 Å². The number of nitrogens with zero attached hydrogens (tertiary/aromatic N) is 3. The topological polar surface area (TPSA) is 68.9 Å². The van der Waals surface area contributed by atoms with Gasteiger partial charge >= 0.3 is 11.9 Å². The van der Waals surface area contributed by atoms with Crippen LogP contribution in [0.2, 0.25) is 0 Å². The summed E-state index contributed by atoms with van der Waals surface area (Å²) < 4.78 is 40.8. The lowest BCUT2D eigenvalue weighted by atomic mass is 10.1. The molecule has 1 aromatic carbocycles. The highest BCUT2D eigenvalue weighted by Crippen LogP contribution is 2.31. The van der Waals surface area contributed by atoms with Gasteiger partial charge in [0.05, 0.1) is 12.1 Å². The average molecular weight is 356 g/mol. The summed E-state index contributed by atoms with van der Waals surface area (Å²) in [6.45, 7) is 3.82. The lowest BCUT2D eigenvalue weighted by Gasteiger charge is -2.08. The Bertz CT molecular complexity index is 822. The van der Waals surface area contributed by atoms with Crippen molar-refractivity contribution in [1.29, 1.82) is 0 Å². The fourth-order valence-electron chi connectivity index (χ4n) is 2.21. The standard InChI is InChI=1S/C16H19F3N4O2/c1-10(2)14(24)20-7-8-23-15(25)22(3)13(21-23)11-5-4-6-12(9-11)16(17,18)19/h4-6,9-10H,7-8H2,1-3H3,(H,20,24). The van der Waals surface area contributed by atoms with Crippen LogP contribution in [-0.2, 0) is 24.6 Å². The van der Waals surface area contributed by atoms with E-state index in [1.807, 2.05) is 0 Å². The molecule has 0 spiro atoms. The van der Waals surface area contributed by atoms with Crippen molar-refractivity contribution in [2.24, 2.45) is 13.0 Å². The fourth-order valence-corrected chi connectivity index (χ4v) is 2.21. The summed E-state index contributed by atoms with van der Waals surface area (Å²) in [5, 5.41) is 6.75. The molecule has 0 aliphatic rings. The van der Waals surface area contributed by atoms with E-state index in [9.17, 15) is 22.8 Å². The smallest absolute Gasteiger partial charge is 0.354 e. The number of carbonyl (C=O) groups is 1. The minimum Gasteiger partial charge on any atom is -0.354 e. The predicted octanol–water partition coefficient (Wildman–Crippen LogP) is 2.04. The van der Waals surface area contributed by atoms with Gasteiger partial charge in [-0.25, -0.2) is 9.48 Å². The highest BCUT2D eigenvalue weighted by molar-refractivity contribution is 5.77. The Labute approximate surface area is 142 Å². The van der Waals surface area contributed by atoms with Gasteiger partial charge in [0.25, 0.3) is 0 Å². The van der Waals surface area contributed by atoms with Gasteiger partial charge < -0.3 is 5.32 Å². The molecule has 0 unspecified atom stereocenters. The van der Waals surface area contributed by atoms with Crippen molar-refractivity contribution < 1.29 is 18.0 Å². The lowest BCUT2D eigenvalue weighted by molar-refractivity contribution is -0.137. The van der Waals surface area contributed by atoms with E-state index in [0.29, 0.717) is 0 Å². The first-order valence-electron chi connectivity index (χ1n) is 7.70. The van der Waals surface area contributed by atoms with Crippen LogP contribution in [0.15, 0.2) is 29.1 Å². The number of alkyl halides is 3. The Kier molecular flexibility index (Phi) is 5.34. The highest BCUT2D eigenvalue weighted by Gasteiger charge is 2.30. The quantitative estimate of drug-likeness (QED) is 0.891. The van der Waals surface area contributed by atoms with Gasteiger partial charge in [-0.1, -0.05) is 26.0 Å². The van der Waals surface area contributed by atoms with E-state index in [2.05, 4.69) is 10.4 Å². The van der Waals surface area contributed by atoms with Crippen LogP contribution in [-0.4, -0.2) is 26.8 Å². The fraction of sp³-hybridized carbons (Fsp3) is 0.438. The Hall–Kier alpha value is -2.58. The van der Waals surface area contributed by atoms with Crippen LogP contribution in [0.5, 0.6) is 0 Å². The number of hydrogen-bond donors (Lipinski definition) is 1. The zero-order chi connectivity index (χ0) is 18.8. The first-order valence-corrected chi connectivity index (χ1v) is 7.70. The number of carbonyl (C=O) groups excluding carboxylic acids is 1. The molecule has 1 amide bonds. The number of rotatable bonds is 5. The lowest BCUT2D eigenvalue weighted by Crippen LogP contribution is -2.33. The second-order valence-electron chi connectivity index (χ2n) is 5.91. The third kappa shape index (κ3) is 4.28. The Morgan fingerprint density at radius 3 is 2.60 bits per heavy atom. The van der Waals surface area contributed by atoms with Crippen LogP contribution in [0.3, 0.4) is 0 Å². The van der Waals surface area contributed by atoms with E-state index in [4.69, 9.17) is 0 Å². The zero-order valence-corrected chi connectivity index (χ0v) is 14.1. The molecule has 0 fully saturated rings. The zero-order valence-electron chi connectivity index (χ0n) is 14.1. The molecule has 0 saturated heterocycles. The average Bonchev–Trinajstić information content (AvgIpc) is 2.82. The van der Waals surface area contributed by atoms with Crippen LogP contribution in [0, 0.1) is 5.92 Å². The Balaban J connectivity index is 2.24. The summed E-state index contributed by atoms with van der Waals surface area (Å²) in [5.74, 6) is -0.200. The summed E-state index contributed by atoms with van der Waals surface area (Å²) in [7, 11) is 1.44. The molecular weight excluding hydrogens is 337 g/mol. The van der Waals surface area contributed by atoms with Gasteiger partial charge in [-0.15, -0.1) is 5.10 Å². The summed E-state index contributed by atoms with van der Waals surface area (Å²) in [5.41, 5.74) is -1.08. The molecule has 0 aliphatic carbocycles. The summed E-state index contributed by atoms with van der Waals surface area (Å²) in [6, 6.07) is 4.64. The van der Waals surface area contributed by atoms with Gasteiger partial charge in [-0.2, -0.15) is 13.2 Å². The van der Waals surface area contributed by atoms with Gasteiger partial charge in [-0.3, -0.25) is 9.36 Å². The molecule has 1 aromatic heterocycles. The van der Waals surface area contributed by atoms with Gasteiger partial charge in [-0.05, 0) is 12.1 Å². The Morgan fingerprint density at radius 1 is 1.32 bits per heavy atom. The largest absolute Gasteiger partial charge is 0.416 e. The molecule has 0 bridgehead atoms. The van der Waals surface area contributed by atoms with Crippen molar-refractivity contribution in [1.82, 2.24) is 19.7 Å². The molecule has 25 heavy (non-hydrogen) atoms. The first kappa shape index (κ1) is 18.8. The minimum atomic E-state index is -4.47. The maximum Gasteiger partial charge on any atom is 0.416 e. The molecule has 1 heterocycles. The van der Waals surface area contributed by atoms with Gasteiger partial charge in [0.2, 0.25) is 5.91 Å². The molecule has 2 rings (SSSR count). The number of benzene rings is 1. The Morgan fingerprint density at radius 2 is 2.00 bits per heavy atom. The third-order valence-corrected chi connectivity index (χ3v) is 3.64. The number of aromatic nitrogens is 3. The molecule has 9 heteroatoms. The molecule has 1 N–H and O–H groups in total. The normalized spacial score (nSPS) is 11.8. The minimum absolute atomic E-state index is 0.129. The highest BCUT2D eigenvalue weighted by atomic mass is 19.4. The van der Waals surface area contributed by atoms with Crippen molar-refractivity contribution in [3.63, 3.8) is 0 Å². The molecule has 0 atom stereocenters. The van der Waals surface area contributed by atoms with E-state index >= 15 is 0 Å². The van der Waals surface area contributed by atoms with Crippen molar-refractivity contribution in [2.45, 2.75) is 26.6 Å². The molecule has 2 aromatic rings. The molecule has 0 saturated carbocycles. The number of hydrogen-bond acceptors (Lipinski definition) is 3.